The van der Waals surface area contributed by atoms with Gasteiger partial charge in [-0.15, -0.1) is 0 Å². The molecule has 1 aromatic carbocycles. The van der Waals surface area contributed by atoms with E-state index in [1.807, 2.05) is 6.07 Å². The van der Waals surface area contributed by atoms with Crippen LogP contribution in [0.15, 0.2) is 28.8 Å². The zero-order chi connectivity index (χ0) is 14.4. The van der Waals surface area contributed by atoms with Crippen LogP contribution in [0.3, 0.4) is 0 Å². The van der Waals surface area contributed by atoms with Crippen molar-refractivity contribution in [1.29, 1.82) is 0 Å². The van der Waals surface area contributed by atoms with Gasteiger partial charge >= 0.3 is 5.97 Å². The van der Waals surface area contributed by atoms with Crippen molar-refractivity contribution in [2.45, 2.75) is 37.5 Å². The number of carboxylic acid groups (broad SMARTS) is 1. The zero-order valence-electron chi connectivity index (χ0n) is 11.5. The molecular formula is C16H16N2O3. The lowest BCUT2D eigenvalue weighted by Crippen LogP contribution is -2.12. The number of hydrogen-bond acceptors (Lipinski definition) is 4. The van der Waals surface area contributed by atoms with Crippen molar-refractivity contribution in [3.63, 3.8) is 0 Å². The number of aryl methyl sites for hydroxylation is 1. The maximum absolute atomic E-state index is 10.9. The van der Waals surface area contributed by atoms with E-state index in [0.717, 1.165) is 19.3 Å². The number of carbonyl (C=O) groups is 1. The average molecular weight is 284 g/mol. The molecule has 1 heterocycles. The topological polar surface area (TPSA) is 76.2 Å². The normalized spacial score (nSPS) is 27.1. The Kier molecular flexibility index (Phi) is 2.80. The first-order valence-corrected chi connectivity index (χ1v) is 7.38. The summed E-state index contributed by atoms with van der Waals surface area (Å²) < 4.78 is 5.31. The molecule has 0 amide bonds. The van der Waals surface area contributed by atoms with E-state index >= 15 is 0 Å². The van der Waals surface area contributed by atoms with Gasteiger partial charge in [0.1, 0.15) is 0 Å². The lowest BCUT2D eigenvalue weighted by atomic mass is 9.82. The van der Waals surface area contributed by atoms with Crippen LogP contribution in [0.2, 0.25) is 0 Å². The molecule has 5 nitrogen and oxygen atoms in total. The monoisotopic (exact) mass is 284 g/mol. The molecule has 4 rings (SSSR count). The SMILES string of the molecule is O=C(O)C1CC1c1nc(C2CCCc3ccccc32)no1. The Bertz CT molecular complexity index is 694. The Morgan fingerprint density at radius 3 is 3.00 bits per heavy atom. The number of fused-ring (bicyclic) bond motifs is 1. The highest BCUT2D eigenvalue weighted by molar-refractivity contribution is 5.74. The van der Waals surface area contributed by atoms with Crippen molar-refractivity contribution in [2.75, 3.05) is 0 Å². The van der Waals surface area contributed by atoms with Crippen molar-refractivity contribution in [3.8, 4) is 0 Å². The molecule has 0 saturated heterocycles. The van der Waals surface area contributed by atoms with E-state index in [-0.39, 0.29) is 17.8 Å². The van der Waals surface area contributed by atoms with Crippen LogP contribution in [0, 0.1) is 5.92 Å². The third kappa shape index (κ3) is 2.13. The van der Waals surface area contributed by atoms with Crippen LogP contribution in [0.1, 0.15) is 53.9 Å². The van der Waals surface area contributed by atoms with Gasteiger partial charge in [0, 0.05) is 5.92 Å². The third-order valence-corrected chi connectivity index (χ3v) is 4.56. The van der Waals surface area contributed by atoms with E-state index in [4.69, 9.17) is 9.63 Å². The van der Waals surface area contributed by atoms with Gasteiger partial charge in [-0.2, -0.15) is 4.98 Å². The van der Waals surface area contributed by atoms with Crippen LogP contribution in [-0.4, -0.2) is 21.2 Å². The van der Waals surface area contributed by atoms with E-state index in [0.29, 0.717) is 18.1 Å². The van der Waals surface area contributed by atoms with Gasteiger partial charge in [-0.25, -0.2) is 0 Å². The summed E-state index contributed by atoms with van der Waals surface area (Å²) in [5.41, 5.74) is 2.64. The highest BCUT2D eigenvalue weighted by atomic mass is 16.5. The first-order valence-electron chi connectivity index (χ1n) is 7.38. The molecule has 5 heteroatoms. The zero-order valence-corrected chi connectivity index (χ0v) is 11.5. The predicted octanol–water partition coefficient (Wildman–Crippen LogP) is 2.73. The number of aromatic nitrogens is 2. The number of hydrogen-bond donors (Lipinski definition) is 1. The first-order chi connectivity index (χ1) is 10.2. The number of carboxylic acids is 1. The lowest BCUT2D eigenvalue weighted by Gasteiger charge is -2.22. The second kappa shape index (κ2) is 4.69. The van der Waals surface area contributed by atoms with Gasteiger partial charge in [-0.05, 0) is 36.8 Å². The van der Waals surface area contributed by atoms with Crippen molar-refractivity contribution >= 4 is 5.97 Å². The van der Waals surface area contributed by atoms with Gasteiger partial charge in [0.15, 0.2) is 5.82 Å². The van der Waals surface area contributed by atoms with Crippen LogP contribution >= 0.6 is 0 Å². The molecule has 21 heavy (non-hydrogen) atoms. The minimum atomic E-state index is -0.775. The fourth-order valence-electron chi connectivity index (χ4n) is 3.30. The second-order valence-corrected chi connectivity index (χ2v) is 5.92. The molecule has 0 radical (unpaired) electrons. The van der Waals surface area contributed by atoms with E-state index in [1.165, 1.54) is 11.1 Å². The summed E-state index contributed by atoms with van der Waals surface area (Å²) in [5, 5.41) is 13.1. The molecule has 1 N–H and O–H groups in total. The van der Waals surface area contributed by atoms with Crippen LogP contribution in [0.4, 0.5) is 0 Å². The molecule has 108 valence electrons. The Morgan fingerprint density at radius 2 is 2.19 bits per heavy atom. The molecule has 0 bridgehead atoms. The summed E-state index contributed by atoms with van der Waals surface area (Å²) in [7, 11) is 0. The van der Waals surface area contributed by atoms with Crippen LogP contribution in [-0.2, 0) is 11.2 Å². The fourth-order valence-corrected chi connectivity index (χ4v) is 3.30. The maximum atomic E-state index is 10.9. The minimum Gasteiger partial charge on any atom is -0.481 e. The van der Waals surface area contributed by atoms with E-state index < -0.39 is 5.97 Å². The van der Waals surface area contributed by atoms with Gasteiger partial charge in [-0.3, -0.25) is 4.79 Å². The molecule has 2 aromatic rings. The average Bonchev–Trinajstić information content (AvgIpc) is 3.17. The Hall–Kier alpha value is -2.17. The van der Waals surface area contributed by atoms with Crippen molar-refractivity contribution < 1.29 is 14.4 Å². The summed E-state index contributed by atoms with van der Waals surface area (Å²) in [6.45, 7) is 0. The molecule has 0 spiro atoms. The van der Waals surface area contributed by atoms with E-state index in [2.05, 4.69) is 28.3 Å². The van der Waals surface area contributed by atoms with Gasteiger partial charge < -0.3 is 9.63 Å². The standard InChI is InChI=1S/C16H16N2O3/c19-16(20)13-8-12(13)15-17-14(18-21-15)11-7-3-5-9-4-1-2-6-10(9)11/h1-2,4,6,11-13H,3,5,7-8H2,(H,19,20). The quantitative estimate of drug-likeness (QED) is 0.937. The maximum Gasteiger partial charge on any atom is 0.307 e. The molecule has 1 saturated carbocycles. The minimum absolute atomic E-state index is 0.0948. The smallest absolute Gasteiger partial charge is 0.307 e. The summed E-state index contributed by atoms with van der Waals surface area (Å²) in [4.78, 5) is 15.4. The number of aliphatic carboxylic acids is 1. The summed E-state index contributed by atoms with van der Waals surface area (Å²) in [6, 6.07) is 8.39. The molecule has 1 aromatic heterocycles. The largest absolute Gasteiger partial charge is 0.481 e. The second-order valence-electron chi connectivity index (χ2n) is 5.92. The van der Waals surface area contributed by atoms with Crippen molar-refractivity contribution in [3.05, 3.63) is 47.1 Å². The summed E-state index contributed by atoms with van der Waals surface area (Å²) in [5.74, 6) is 0.144. The van der Waals surface area contributed by atoms with Crippen molar-refractivity contribution in [1.82, 2.24) is 10.1 Å². The number of nitrogens with zero attached hydrogens (tertiary/aromatic N) is 2. The van der Waals surface area contributed by atoms with Gasteiger partial charge in [0.25, 0.3) is 0 Å². The number of rotatable bonds is 3. The molecular weight excluding hydrogens is 268 g/mol. The number of benzene rings is 1. The molecule has 0 aliphatic heterocycles. The summed E-state index contributed by atoms with van der Waals surface area (Å²) >= 11 is 0. The molecule has 2 aliphatic carbocycles. The lowest BCUT2D eigenvalue weighted by molar-refractivity contribution is -0.138. The fraction of sp³-hybridized carbons (Fsp3) is 0.438. The van der Waals surface area contributed by atoms with Crippen LogP contribution < -0.4 is 0 Å². The Labute approximate surface area is 122 Å². The van der Waals surface area contributed by atoms with Crippen molar-refractivity contribution in [2.24, 2.45) is 5.92 Å². The summed E-state index contributed by atoms with van der Waals surface area (Å²) in [6.07, 6.45) is 3.84. The van der Waals surface area contributed by atoms with Crippen LogP contribution in [0.5, 0.6) is 0 Å². The predicted molar refractivity (Wildman–Crippen MR) is 74.0 cm³/mol. The molecule has 1 fully saturated rings. The van der Waals surface area contributed by atoms with Gasteiger partial charge in [-0.1, -0.05) is 29.4 Å². The Morgan fingerprint density at radius 1 is 1.33 bits per heavy atom. The highest BCUT2D eigenvalue weighted by Gasteiger charge is 2.48. The van der Waals surface area contributed by atoms with E-state index in [1.54, 1.807) is 0 Å². The molecule has 3 atom stereocenters. The van der Waals surface area contributed by atoms with E-state index in [9.17, 15) is 4.79 Å². The third-order valence-electron chi connectivity index (χ3n) is 4.56. The van der Waals surface area contributed by atoms with Crippen LogP contribution in [0.25, 0.3) is 0 Å². The first kappa shape index (κ1) is 12.6. The Balaban J connectivity index is 1.61. The van der Waals surface area contributed by atoms with Gasteiger partial charge in [0.2, 0.25) is 5.89 Å². The highest BCUT2D eigenvalue weighted by Crippen LogP contribution is 2.47. The molecule has 2 aliphatic rings. The molecule has 3 unspecified atom stereocenters. The van der Waals surface area contributed by atoms with Gasteiger partial charge in [0.05, 0.1) is 11.8 Å².